The molecule has 0 saturated carbocycles. The quantitative estimate of drug-likeness (QED) is 0.763. The van der Waals surface area contributed by atoms with Gasteiger partial charge in [-0.3, -0.25) is 0 Å². The van der Waals surface area contributed by atoms with E-state index in [1.54, 1.807) is 6.08 Å². The van der Waals surface area contributed by atoms with Crippen LogP contribution in [-0.4, -0.2) is 17.7 Å². The van der Waals surface area contributed by atoms with Crippen molar-refractivity contribution in [3.05, 3.63) is 34.9 Å². The van der Waals surface area contributed by atoms with Gasteiger partial charge in [0, 0.05) is 17.6 Å². The Hall–Kier alpha value is -1.77. The van der Waals surface area contributed by atoms with Gasteiger partial charge in [-0.25, -0.2) is 4.79 Å². The Bertz CT molecular complexity index is 432. The van der Waals surface area contributed by atoms with E-state index in [4.69, 9.17) is 9.84 Å². The number of carbonyl (C=O) groups is 1. The zero-order valence-electron chi connectivity index (χ0n) is 8.49. The number of fused-ring (bicyclic) bond motifs is 1. The summed E-state index contributed by atoms with van der Waals surface area (Å²) in [7, 11) is 0. The number of rotatable bonds is 1. The average Bonchev–Trinajstić information content (AvgIpc) is 2.39. The van der Waals surface area contributed by atoms with Crippen LogP contribution < -0.4 is 4.74 Å². The molecular formula is C12H12O3. The molecule has 0 aliphatic carbocycles. The number of aliphatic carboxylic acids is 1. The maximum atomic E-state index is 10.9. The number of carboxylic acid groups (broad SMARTS) is 1. The van der Waals surface area contributed by atoms with E-state index in [1.807, 2.05) is 25.1 Å². The van der Waals surface area contributed by atoms with Crippen molar-refractivity contribution in [2.75, 3.05) is 6.61 Å². The van der Waals surface area contributed by atoms with Gasteiger partial charge >= 0.3 is 5.97 Å². The van der Waals surface area contributed by atoms with Gasteiger partial charge in [-0.05, 0) is 25.1 Å². The van der Waals surface area contributed by atoms with Crippen molar-refractivity contribution in [1.82, 2.24) is 0 Å². The maximum Gasteiger partial charge on any atom is 0.331 e. The number of benzene rings is 1. The van der Waals surface area contributed by atoms with Gasteiger partial charge in [-0.1, -0.05) is 11.6 Å². The summed E-state index contributed by atoms with van der Waals surface area (Å²) in [4.78, 5) is 10.9. The summed E-state index contributed by atoms with van der Waals surface area (Å²) < 4.78 is 5.47. The number of hydrogen-bond donors (Lipinski definition) is 1. The van der Waals surface area contributed by atoms with E-state index in [9.17, 15) is 4.79 Å². The van der Waals surface area contributed by atoms with Gasteiger partial charge in [0.25, 0.3) is 0 Å². The molecule has 0 saturated heterocycles. The lowest BCUT2D eigenvalue weighted by atomic mass is 10.1. The molecule has 1 heterocycles. The van der Waals surface area contributed by atoms with E-state index in [1.165, 1.54) is 0 Å². The Morgan fingerprint density at radius 2 is 2.27 bits per heavy atom. The van der Waals surface area contributed by atoms with E-state index < -0.39 is 5.97 Å². The summed E-state index contributed by atoms with van der Waals surface area (Å²) in [6.45, 7) is 2.40. The second-order valence-corrected chi connectivity index (χ2v) is 3.61. The molecule has 0 amide bonds. The molecule has 2 rings (SSSR count). The molecule has 0 atom stereocenters. The van der Waals surface area contributed by atoms with Crippen molar-refractivity contribution in [2.24, 2.45) is 0 Å². The lowest BCUT2D eigenvalue weighted by molar-refractivity contribution is -0.132. The fourth-order valence-corrected chi connectivity index (χ4v) is 1.61. The summed E-state index contributed by atoms with van der Waals surface area (Å²) in [6, 6.07) is 5.77. The van der Waals surface area contributed by atoms with Crippen LogP contribution in [0.1, 0.15) is 17.5 Å². The molecule has 0 spiro atoms. The third-order valence-corrected chi connectivity index (χ3v) is 2.40. The molecule has 3 nitrogen and oxygen atoms in total. The summed E-state index contributed by atoms with van der Waals surface area (Å²) in [5, 5.41) is 8.93. The number of carboxylic acids is 1. The van der Waals surface area contributed by atoms with Crippen molar-refractivity contribution >= 4 is 12.0 Å². The minimum atomic E-state index is -0.868. The van der Waals surface area contributed by atoms with Gasteiger partial charge in [-0.15, -0.1) is 0 Å². The minimum Gasteiger partial charge on any atom is -0.493 e. The van der Waals surface area contributed by atoms with Crippen LogP contribution in [-0.2, 0) is 4.79 Å². The average molecular weight is 204 g/mol. The molecular weight excluding hydrogens is 192 g/mol. The molecule has 0 radical (unpaired) electrons. The zero-order valence-corrected chi connectivity index (χ0v) is 8.49. The SMILES string of the molecule is Cc1ccc2c(c1)C=C(C(=O)O)CCO2. The van der Waals surface area contributed by atoms with Crippen molar-refractivity contribution in [1.29, 1.82) is 0 Å². The molecule has 1 N–H and O–H groups in total. The van der Waals surface area contributed by atoms with Crippen LogP contribution in [0.2, 0.25) is 0 Å². The maximum absolute atomic E-state index is 10.9. The largest absolute Gasteiger partial charge is 0.493 e. The molecule has 15 heavy (non-hydrogen) atoms. The fourth-order valence-electron chi connectivity index (χ4n) is 1.61. The van der Waals surface area contributed by atoms with Gasteiger partial charge in [-0.2, -0.15) is 0 Å². The summed E-state index contributed by atoms with van der Waals surface area (Å²) >= 11 is 0. The van der Waals surface area contributed by atoms with E-state index >= 15 is 0 Å². The highest BCUT2D eigenvalue weighted by molar-refractivity contribution is 5.92. The first-order valence-corrected chi connectivity index (χ1v) is 4.84. The Morgan fingerprint density at radius 3 is 3.00 bits per heavy atom. The first-order valence-electron chi connectivity index (χ1n) is 4.84. The van der Waals surface area contributed by atoms with E-state index in [0.29, 0.717) is 18.6 Å². The van der Waals surface area contributed by atoms with Crippen LogP contribution in [0.15, 0.2) is 23.8 Å². The van der Waals surface area contributed by atoms with Crippen LogP contribution in [0.3, 0.4) is 0 Å². The molecule has 1 aliphatic heterocycles. The second kappa shape index (κ2) is 3.77. The molecule has 0 fully saturated rings. The van der Waals surface area contributed by atoms with Crippen LogP contribution in [0, 0.1) is 6.92 Å². The summed E-state index contributed by atoms with van der Waals surface area (Å²) in [5.41, 5.74) is 2.35. The lowest BCUT2D eigenvalue weighted by Gasteiger charge is -2.05. The van der Waals surface area contributed by atoms with Gasteiger partial charge in [0.1, 0.15) is 5.75 Å². The Kier molecular flexibility index (Phi) is 2.46. The number of aryl methyl sites for hydroxylation is 1. The van der Waals surface area contributed by atoms with Crippen LogP contribution >= 0.6 is 0 Å². The normalized spacial score (nSPS) is 14.6. The molecule has 1 aromatic carbocycles. The lowest BCUT2D eigenvalue weighted by Crippen LogP contribution is -2.03. The van der Waals surface area contributed by atoms with Crippen molar-refractivity contribution in [3.63, 3.8) is 0 Å². The second-order valence-electron chi connectivity index (χ2n) is 3.61. The van der Waals surface area contributed by atoms with Crippen molar-refractivity contribution in [3.8, 4) is 5.75 Å². The number of ether oxygens (including phenoxy) is 1. The standard InChI is InChI=1S/C12H12O3/c1-8-2-3-11-10(6-8)7-9(12(13)14)4-5-15-11/h2-3,6-7H,4-5H2,1H3,(H,13,14). The van der Waals surface area contributed by atoms with E-state index in [0.717, 1.165) is 16.9 Å². The van der Waals surface area contributed by atoms with Crippen molar-refractivity contribution < 1.29 is 14.6 Å². The summed E-state index contributed by atoms with van der Waals surface area (Å²) in [5.74, 6) is -0.107. The fraction of sp³-hybridized carbons (Fsp3) is 0.250. The molecule has 3 heteroatoms. The highest BCUT2D eigenvalue weighted by Gasteiger charge is 2.13. The molecule has 0 bridgehead atoms. The highest BCUT2D eigenvalue weighted by atomic mass is 16.5. The topological polar surface area (TPSA) is 46.5 Å². The molecule has 0 aromatic heterocycles. The monoisotopic (exact) mass is 204 g/mol. The Labute approximate surface area is 88.0 Å². The van der Waals surface area contributed by atoms with Gasteiger partial charge in [0.05, 0.1) is 6.61 Å². The molecule has 0 unspecified atom stereocenters. The third kappa shape index (κ3) is 2.01. The van der Waals surface area contributed by atoms with Crippen LogP contribution in [0.5, 0.6) is 5.75 Å². The third-order valence-electron chi connectivity index (χ3n) is 2.40. The van der Waals surface area contributed by atoms with Gasteiger partial charge in [0.15, 0.2) is 0 Å². The van der Waals surface area contributed by atoms with E-state index in [-0.39, 0.29) is 0 Å². The summed E-state index contributed by atoms with van der Waals surface area (Å²) in [6.07, 6.45) is 2.14. The predicted octanol–water partition coefficient (Wildman–Crippen LogP) is 2.25. The minimum absolute atomic E-state index is 0.402. The molecule has 1 aliphatic rings. The molecule has 1 aromatic rings. The van der Waals surface area contributed by atoms with Crippen LogP contribution in [0.25, 0.3) is 6.08 Å². The first kappa shape index (κ1) is 9.77. The van der Waals surface area contributed by atoms with Crippen LogP contribution in [0.4, 0.5) is 0 Å². The predicted molar refractivity (Wildman–Crippen MR) is 56.9 cm³/mol. The first-order chi connectivity index (χ1) is 7.16. The van der Waals surface area contributed by atoms with E-state index in [2.05, 4.69) is 0 Å². The highest BCUT2D eigenvalue weighted by Crippen LogP contribution is 2.26. The Balaban J connectivity index is 2.48. The Morgan fingerprint density at radius 1 is 1.47 bits per heavy atom. The van der Waals surface area contributed by atoms with Gasteiger partial charge < -0.3 is 9.84 Å². The molecule has 78 valence electrons. The smallest absolute Gasteiger partial charge is 0.331 e. The number of hydrogen-bond acceptors (Lipinski definition) is 2. The zero-order chi connectivity index (χ0) is 10.8. The van der Waals surface area contributed by atoms with Gasteiger partial charge in [0.2, 0.25) is 0 Å². The van der Waals surface area contributed by atoms with Crippen molar-refractivity contribution in [2.45, 2.75) is 13.3 Å².